The van der Waals surface area contributed by atoms with E-state index in [1.165, 1.54) is 6.26 Å². The van der Waals surface area contributed by atoms with Crippen LogP contribution in [0.25, 0.3) is 0 Å². The molecule has 0 radical (unpaired) electrons. The lowest BCUT2D eigenvalue weighted by molar-refractivity contribution is 0.0946. The van der Waals surface area contributed by atoms with Gasteiger partial charge in [0.05, 0.1) is 6.54 Å². The van der Waals surface area contributed by atoms with Gasteiger partial charge in [-0.15, -0.1) is 0 Å². The minimum atomic E-state index is -0.227. The zero-order valence-electron chi connectivity index (χ0n) is 11.1. The standard InChI is InChI=1S/C14H17N3O2/c1-10-5-3-4-6-11(10)7-16-14(18)12-9-19-13(17-12)8-15-2/h3-6,9,15H,7-8H2,1-2H3,(H,16,18). The van der Waals surface area contributed by atoms with Gasteiger partial charge in [0.15, 0.2) is 5.69 Å². The van der Waals surface area contributed by atoms with E-state index in [0.717, 1.165) is 11.1 Å². The topological polar surface area (TPSA) is 67.2 Å². The molecule has 1 amide bonds. The van der Waals surface area contributed by atoms with Crippen molar-refractivity contribution >= 4 is 5.91 Å². The second kappa shape index (κ2) is 6.15. The van der Waals surface area contributed by atoms with E-state index in [-0.39, 0.29) is 5.91 Å². The van der Waals surface area contributed by atoms with E-state index < -0.39 is 0 Å². The van der Waals surface area contributed by atoms with Gasteiger partial charge in [0, 0.05) is 6.54 Å². The molecule has 2 N–H and O–H groups in total. The van der Waals surface area contributed by atoms with Crippen molar-refractivity contribution in [1.82, 2.24) is 15.6 Å². The summed E-state index contributed by atoms with van der Waals surface area (Å²) in [5.41, 5.74) is 2.55. The summed E-state index contributed by atoms with van der Waals surface area (Å²) < 4.78 is 5.17. The van der Waals surface area contributed by atoms with Crippen LogP contribution in [0.1, 0.15) is 27.5 Å². The zero-order valence-corrected chi connectivity index (χ0v) is 11.1. The first-order valence-electron chi connectivity index (χ1n) is 6.12. The molecule has 0 unspecified atom stereocenters. The molecule has 2 aromatic rings. The Bertz CT molecular complexity index is 563. The lowest BCUT2D eigenvalue weighted by Crippen LogP contribution is -2.23. The first kappa shape index (κ1) is 13.3. The van der Waals surface area contributed by atoms with Crippen LogP contribution in [0.2, 0.25) is 0 Å². The van der Waals surface area contributed by atoms with Crippen LogP contribution < -0.4 is 10.6 Å². The van der Waals surface area contributed by atoms with Crippen LogP contribution in [-0.2, 0) is 13.1 Å². The minimum Gasteiger partial charge on any atom is -0.447 e. The molecule has 100 valence electrons. The number of aryl methyl sites for hydroxylation is 1. The zero-order chi connectivity index (χ0) is 13.7. The Morgan fingerprint density at radius 2 is 2.11 bits per heavy atom. The summed E-state index contributed by atoms with van der Waals surface area (Å²) in [7, 11) is 1.79. The highest BCUT2D eigenvalue weighted by Crippen LogP contribution is 2.07. The SMILES string of the molecule is CNCc1nc(C(=O)NCc2ccccc2C)co1. The summed E-state index contributed by atoms with van der Waals surface area (Å²) in [5, 5.41) is 5.74. The number of amides is 1. The molecule has 5 heteroatoms. The first-order valence-corrected chi connectivity index (χ1v) is 6.12. The monoisotopic (exact) mass is 259 g/mol. The number of rotatable bonds is 5. The van der Waals surface area contributed by atoms with Gasteiger partial charge in [0.1, 0.15) is 6.26 Å². The highest BCUT2D eigenvalue weighted by Gasteiger charge is 2.11. The molecular weight excluding hydrogens is 242 g/mol. The van der Waals surface area contributed by atoms with E-state index in [1.807, 2.05) is 31.2 Å². The van der Waals surface area contributed by atoms with Crippen LogP contribution in [0.4, 0.5) is 0 Å². The molecular formula is C14H17N3O2. The van der Waals surface area contributed by atoms with Crippen molar-refractivity contribution in [2.75, 3.05) is 7.05 Å². The molecule has 1 aromatic heterocycles. The second-order valence-corrected chi connectivity index (χ2v) is 4.27. The molecule has 0 saturated heterocycles. The Balaban J connectivity index is 1.95. The molecule has 0 fully saturated rings. The molecule has 5 nitrogen and oxygen atoms in total. The highest BCUT2D eigenvalue weighted by atomic mass is 16.3. The summed E-state index contributed by atoms with van der Waals surface area (Å²) in [6.45, 7) is 3.01. The predicted molar refractivity (Wildman–Crippen MR) is 71.6 cm³/mol. The molecule has 1 aromatic carbocycles. The van der Waals surface area contributed by atoms with E-state index in [4.69, 9.17) is 4.42 Å². The Hall–Kier alpha value is -2.14. The number of nitrogens with one attached hydrogen (secondary N) is 2. The fourth-order valence-corrected chi connectivity index (χ4v) is 1.72. The molecule has 2 rings (SSSR count). The molecule has 0 aliphatic carbocycles. The summed E-state index contributed by atoms with van der Waals surface area (Å²) in [5.74, 6) is 0.276. The maximum absolute atomic E-state index is 11.9. The van der Waals surface area contributed by atoms with Gasteiger partial charge in [0.2, 0.25) is 5.89 Å². The van der Waals surface area contributed by atoms with Gasteiger partial charge in [-0.1, -0.05) is 24.3 Å². The third kappa shape index (κ3) is 3.42. The molecule has 0 spiro atoms. The Kier molecular flexibility index (Phi) is 4.30. The lowest BCUT2D eigenvalue weighted by Gasteiger charge is -2.06. The van der Waals surface area contributed by atoms with E-state index in [9.17, 15) is 4.79 Å². The van der Waals surface area contributed by atoms with Gasteiger partial charge in [-0.25, -0.2) is 4.98 Å². The van der Waals surface area contributed by atoms with Crippen molar-refractivity contribution in [3.8, 4) is 0 Å². The van der Waals surface area contributed by atoms with Crippen molar-refractivity contribution in [1.29, 1.82) is 0 Å². The van der Waals surface area contributed by atoms with Gasteiger partial charge in [-0.05, 0) is 25.1 Å². The third-order valence-electron chi connectivity index (χ3n) is 2.81. The third-order valence-corrected chi connectivity index (χ3v) is 2.81. The van der Waals surface area contributed by atoms with Crippen molar-refractivity contribution in [2.45, 2.75) is 20.0 Å². The Morgan fingerprint density at radius 1 is 1.32 bits per heavy atom. The molecule has 19 heavy (non-hydrogen) atoms. The average Bonchev–Trinajstić information content (AvgIpc) is 2.87. The van der Waals surface area contributed by atoms with Crippen molar-refractivity contribution in [3.63, 3.8) is 0 Å². The smallest absolute Gasteiger partial charge is 0.273 e. The molecule has 0 aliphatic heterocycles. The van der Waals surface area contributed by atoms with Gasteiger partial charge < -0.3 is 15.1 Å². The van der Waals surface area contributed by atoms with Crippen LogP contribution in [-0.4, -0.2) is 17.9 Å². The van der Waals surface area contributed by atoms with Crippen molar-refractivity contribution < 1.29 is 9.21 Å². The Labute approximate surface area is 112 Å². The predicted octanol–water partition coefficient (Wildman–Crippen LogP) is 1.63. The molecule has 0 bridgehead atoms. The number of hydrogen-bond donors (Lipinski definition) is 2. The summed E-state index contributed by atoms with van der Waals surface area (Å²) in [6.07, 6.45) is 1.37. The number of nitrogens with zero attached hydrogens (tertiary/aromatic N) is 1. The number of carbonyl (C=O) groups excluding carboxylic acids is 1. The number of carbonyl (C=O) groups is 1. The minimum absolute atomic E-state index is 0.227. The number of oxazole rings is 1. The number of hydrogen-bond acceptors (Lipinski definition) is 4. The molecule has 0 aliphatic rings. The maximum Gasteiger partial charge on any atom is 0.273 e. The van der Waals surface area contributed by atoms with E-state index in [1.54, 1.807) is 7.05 Å². The quantitative estimate of drug-likeness (QED) is 0.856. The van der Waals surface area contributed by atoms with Gasteiger partial charge in [-0.3, -0.25) is 4.79 Å². The normalized spacial score (nSPS) is 10.4. The van der Waals surface area contributed by atoms with Crippen LogP contribution in [0.15, 0.2) is 34.9 Å². The average molecular weight is 259 g/mol. The summed E-state index contributed by atoms with van der Waals surface area (Å²) in [4.78, 5) is 16.0. The largest absolute Gasteiger partial charge is 0.447 e. The van der Waals surface area contributed by atoms with Gasteiger partial charge >= 0.3 is 0 Å². The fraction of sp³-hybridized carbons (Fsp3) is 0.286. The van der Waals surface area contributed by atoms with Crippen molar-refractivity contribution in [3.05, 3.63) is 53.2 Å². The Morgan fingerprint density at radius 3 is 2.84 bits per heavy atom. The summed E-state index contributed by atoms with van der Waals surface area (Å²) >= 11 is 0. The molecule has 0 atom stereocenters. The van der Waals surface area contributed by atoms with Crippen LogP contribution in [0.5, 0.6) is 0 Å². The lowest BCUT2D eigenvalue weighted by atomic mass is 10.1. The van der Waals surface area contributed by atoms with Crippen LogP contribution in [0.3, 0.4) is 0 Å². The highest BCUT2D eigenvalue weighted by molar-refractivity contribution is 5.91. The second-order valence-electron chi connectivity index (χ2n) is 4.27. The first-order chi connectivity index (χ1) is 9.20. The van der Waals surface area contributed by atoms with E-state index in [2.05, 4.69) is 15.6 Å². The summed E-state index contributed by atoms with van der Waals surface area (Å²) in [6, 6.07) is 7.94. The van der Waals surface area contributed by atoms with E-state index in [0.29, 0.717) is 24.7 Å². The maximum atomic E-state index is 11.9. The van der Waals surface area contributed by atoms with Gasteiger partial charge in [-0.2, -0.15) is 0 Å². The van der Waals surface area contributed by atoms with Crippen LogP contribution in [0, 0.1) is 6.92 Å². The van der Waals surface area contributed by atoms with E-state index >= 15 is 0 Å². The van der Waals surface area contributed by atoms with Crippen LogP contribution >= 0.6 is 0 Å². The molecule has 1 heterocycles. The van der Waals surface area contributed by atoms with Gasteiger partial charge in [0.25, 0.3) is 5.91 Å². The fourth-order valence-electron chi connectivity index (χ4n) is 1.72. The van der Waals surface area contributed by atoms with Crippen molar-refractivity contribution in [2.24, 2.45) is 0 Å². The number of benzene rings is 1. The molecule has 0 saturated carbocycles. The number of aromatic nitrogens is 1.